The Balaban J connectivity index is 2.18. The van der Waals surface area contributed by atoms with E-state index in [9.17, 15) is 4.79 Å². The summed E-state index contributed by atoms with van der Waals surface area (Å²) >= 11 is 0. The summed E-state index contributed by atoms with van der Waals surface area (Å²) in [7, 11) is 2.11. The molecule has 0 fully saturated rings. The van der Waals surface area contributed by atoms with Crippen LogP contribution >= 0.6 is 0 Å². The summed E-state index contributed by atoms with van der Waals surface area (Å²) in [4.78, 5) is 12.3. The molecule has 0 aromatic heterocycles. The summed E-state index contributed by atoms with van der Waals surface area (Å²) in [5.74, 6) is 0. The topological polar surface area (TPSA) is 20.3 Å². The number of hydrogen-bond acceptors (Lipinski definition) is 2. The first kappa shape index (κ1) is 11.9. The highest BCUT2D eigenvalue weighted by Crippen LogP contribution is 2.04. The van der Waals surface area contributed by atoms with Crippen LogP contribution in [0.1, 0.15) is 24.8 Å². The molecule has 0 bridgehead atoms. The Morgan fingerprint density at radius 1 is 1.20 bits per heavy atom. The van der Waals surface area contributed by atoms with E-state index in [1.807, 2.05) is 12.4 Å². The van der Waals surface area contributed by atoms with Gasteiger partial charge in [-0.2, -0.15) is 0 Å². The average Bonchev–Trinajstić information content (AvgIpc) is 2.26. The van der Waals surface area contributed by atoms with Gasteiger partial charge >= 0.3 is 0 Å². The Labute approximate surface area is 91.9 Å². The summed E-state index contributed by atoms with van der Waals surface area (Å²) in [6.45, 7) is 2.02. The molecule has 1 radical (unpaired) electrons. The molecule has 0 aliphatic rings. The fourth-order valence-electron chi connectivity index (χ4n) is 1.55. The molecule has 0 saturated heterocycles. The van der Waals surface area contributed by atoms with Gasteiger partial charge in [-0.25, -0.2) is 0 Å². The zero-order chi connectivity index (χ0) is 10.9. The molecule has 0 amide bonds. The van der Waals surface area contributed by atoms with Crippen LogP contribution in [0.5, 0.6) is 0 Å². The van der Waals surface area contributed by atoms with Crippen molar-refractivity contribution >= 4 is 6.29 Å². The first-order valence-electron chi connectivity index (χ1n) is 5.40. The Morgan fingerprint density at radius 2 is 1.93 bits per heavy atom. The predicted molar refractivity (Wildman–Crippen MR) is 62.3 cm³/mol. The fraction of sp³-hybridized carbons (Fsp3) is 0.462. The summed E-state index contributed by atoms with van der Waals surface area (Å²) in [6.07, 6.45) is 4.51. The Kier molecular flexibility index (Phi) is 5.71. The van der Waals surface area contributed by atoms with Crippen LogP contribution in [0.2, 0.25) is 0 Å². The molecule has 0 unspecified atom stereocenters. The van der Waals surface area contributed by atoms with Crippen LogP contribution in [-0.4, -0.2) is 24.8 Å². The van der Waals surface area contributed by atoms with Gasteiger partial charge in [0.25, 0.3) is 0 Å². The van der Waals surface area contributed by atoms with Crippen LogP contribution in [0.15, 0.2) is 30.3 Å². The van der Waals surface area contributed by atoms with Crippen molar-refractivity contribution < 1.29 is 4.79 Å². The highest BCUT2D eigenvalue weighted by molar-refractivity contribution is 5.50. The van der Waals surface area contributed by atoms with Crippen LogP contribution < -0.4 is 0 Å². The normalized spacial score (nSPS) is 10.5. The van der Waals surface area contributed by atoms with E-state index < -0.39 is 0 Å². The molecule has 0 heterocycles. The van der Waals surface area contributed by atoms with Gasteiger partial charge in [-0.3, -0.25) is 4.79 Å². The van der Waals surface area contributed by atoms with Gasteiger partial charge in [0.1, 0.15) is 0 Å². The van der Waals surface area contributed by atoms with E-state index in [1.165, 1.54) is 5.56 Å². The molecule has 0 aliphatic heterocycles. The standard InChI is InChI=1S/C13H18NO/c1-14(10-6-3-7-11-15)12-13-8-4-2-5-9-13/h2,4-5,8-9H,3,6-7,10,12H2,1H3. The maximum Gasteiger partial charge on any atom is 0.198 e. The maximum absolute atomic E-state index is 10.0. The smallest absolute Gasteiger partial charge is 0.198 e. The minimum Gasteiger partial charge on any atom is -0.302 e. The van der Waals surface area contributed by atoms with E-state index in [-0.39, 0.29) is 0 Å². The molecule has 1 aromatic rings. The molecule has 2 heteroatoms. The first-order valence-corrected chi connectivity index (χ1v) is 5.40. The van der Waals surface area contributed by atoms with Crippen molar-refractivity contribution in [3.63, 3.8) is 0 Å². The van der Waals surface area contributed by atoms with E-state index in [4.69, 9.17) is 0 Å². The van der Waals surface area contributed by atoms with Crippen molar-refractivity contribution in [3.05, 3.63) is 35.9 Å². The van der Waals surface area contributed by atoms with Crippen LogP contribution in [-0.2, 0) is 11.3 Å². The second-order valence-electron chi connectivity index (χ2n) is 3.82. The van der Waals surface area contributed by atoms with Gasteiger partial charge in [0.2, 0.25) is 0 Å². The average molecular weight is 204 g/mol. The second kappa shape index (κ2) is 7.18. The van der Waals surface area contributed by atoms with Crippen LogP contribution in [0.4, 0.5) is 0 Å². The highest BCUT2D eigenvalue weighted by Gasteiger charge is 1.99. The third-order valence-corrected chi connectivity index (χ3v) is 2.36. The highest BCUT2D eigenvalue weighted by atomic mass is 16.1. The zero-order valence-corrected chi connectivity index (χ0v) is 9.28. The van der Waals surface area contributed by atoms with E-state index in [2.05, 4.69) is 36.2 Å². The van der Waals surface area contributed by atoms with Crippen LogP contribution in [0, 0.1) is 0 Å². The lowest BCUT2D eigenvalue weighted by Gasteiger charge is -2.15. The molecule has 81 valence electrons. The largest absolute Gasteiger partial charge is 0.302 e. The third-order valence-electron chi connectivity index (χ3n) is 2.36. The summed E-state index contributed by atoms with van der Waals surface area (Å²) in [5.41, 5.74) is 1.34. The van der Waals surface area contributed by atoms with Gasteiger partial charge in [-0.1, -0.05) is 30.3 Å². The molecule has 0 N–H and O–H groups in total. The number of nitrogens with zero attached hydrogens (tertiary/aromatic N) is 1. The lowest BCUT2D eigenvalue weighted by atomic mass is 10.2. The van der Waals surface area contributed by atoms with Crippen LogP contribution in [0.25, 0.3) is 0 Å². The van der Waals surface area contributed by atoms with Crippen LogP contribution in [0.3, 0.4) is 0 Å². The molecule has 2 nitrogen and oxygen atoms in total. The molecule has 0 saturated carbocycles. The van der Waals surface area contributed by atoms with Gasteiger partial charge < -0.3 is 4.90 Å². The molecule has 15 heavy (non-hydrogen) atoms. The van der Waals surface area contributed by atoms with Crippen molar-refractivity contribution in [3.8, 4) is 0 Å². The molecular weight excluding hydrogens is 186 g/mol. The Morgan fingerprint density at radius 3 is 2.60 bits per heavy atom. The maximum atomic E-state index is 10.0. The third kappa shape index (κ3) is 5.33. The van der Waals surface area contributed by atoms with E-state index in [1.54, 1.807) is 0 Å². The van der Waals surface area contributed by atoms with E-state index >= 15 is 0 Å². The quantitative estimate of drug-likeness (QED) is 0.636. The Hall–Kier alpha value is -1.15. The predicted octanol–water partition coefficient (Wildman–Crippen LogP) is 2.40. The SMILES string of the molecule is CN(CCCC[C]=O)Cc1ccccc1. The molecule has 1 aromatic carbocycles. The second-order valence-corrected chi connectivity index (χ2v) is 3.82. The van der Waals surface area contributed by atoms with Crippen molar-refractivity contribution in [1.82, 2.24) is 4.90 Å². The van der Waals surface area contributed by atoms with Crippen molar-refractivity contribution in [1.29, 1.82) is 0 Å². The van der Waals surface area contributed by atoms with Gasteiger partial charge in [0.15, 0.2) is 6.29 Å². The van der Waals surface area contributed by atoms with Gasteiger partial charge in [-0.05, 0) is 32.0 Å². The monoisotopic (exact) mass is 204 g/mol. The summed E-state index contributed by atoms with van der Waals surface area (Å²) in [5, 5.41) is 0. The van der Waals surface area contributed by atoms with Crippen molar-refractivity contribution in [2.24, 2.45) is 0 Å². The minimum atomic E-state index is 0.569. The van der Waals surface area contributed by atoms with Crippen molar-refractivity contribution in [2.45, 2.75) is 25.8 Å². The number of benzene rings is 1. The lowest BCUT2D eigenvalue weighted by Crippen LogP contribution is -2.18. The van der Waals surface area contributed by atoms with Gasteiger partial charge in [-0.15, -0.1) is 0 Å². The van der Waals surface area contributed by atoms with Gasteiger partial charge in [0.05, 0.1) is 0 Å². The minimum absolute atomic E-state index is 0.569. The van der Waals surface area contributed by atoms with E-state index in [0.717, 1.165) is 25.9 Å². The molecule has 0 atom stereocenters. The number of unbranched alkanes of at least 4 members (excludes halogenated alkanes) is 2. The zero-order valence-electron chi connectivity index (χ0n) is 9.28. The number of rotatable bonds is 7. The van der Waals surface area contributed by atoms with Crippen molar-refractivity contribution in [2.75, 3.05) is 13.6 Å². The lowest BCUT2D eigenvalue weighted by molar-refractivity contribution is 0.319. The van der Waals surface area contributed by atoms with E-state index in [0.29, 0.717) is 6.42 Å². The molecule has 0 spiro atoms. The molecule has 0 aliphatic carbocycles. The Bertz CT molecular complexity index is 271. The molecular formula is C13H18NO. The first-order chi connectivity index (χ1) is 7.33. The molecule has 1 rings (SSSR count). The van der Waals surface area contributed by atoms with Gasteiger partial charge in [0, 0.05) is 13.0 Å². The number of carbonyl (C=O) groups excluding carboxylic acids is 1. The fourth-order valence-corrected chi connectivity index (χ4v) is 1.55. The summed E-state index contributed by atoms with van der Waals surface area (Å²) in [6, 6.07) is 10.4. The number of hydrogen-bond donors (Lipinski definition) is 0. The summed E-state index contributed by atoms with van der Waals surface area (Å²) < 4.78 is 0.